The SMILES string of the molecule is CCOc1cc2c(cc1OC)-c1cc(=Nc3c(C)cc(C)cc3C)n(CCCC(=O)c3cn[nH]n3)c(=O)n1CC2. The molecule has 0 saturated carbocycles. The van der Waals surface area contributed by atoms with E-state index in [1.807, 2.05) is 39.0 Å². The number of carbonyl (C=O) groups excluding carboxylic acids is 1. The van der Waals surface area contributed by atoms with Crippen molar-refractivity contribution in [3.8, 4) is 22.8 Å². The Morgan fingerprint density at radius 2 is 1.88 bits per heavy atom. The van der Waals surface area contributed by atoms with Crippen molar-refractivity contribution in [3.63, 3.8) is 0 Å². The van der Waals surface area contributed by atoms with E-state index in [0.717, 1.165) is 39.2 Å². The van der Waals surface area contributed by atoms with Crippen molar-refractivity contribution in [1.82, 2.24) is 24.5 Å². The molecule has 0 aliphatic carbocycles. The molecule has 1 aliphatic heterocycles. The van der Waals surface area contributed by atoms with Gasteiger partial charge in [-0.05, 0) is 69.4 Å². The Labute approximate surface area is 232 Å². The number of fused-ring (bicyclic) bond motifs is 3. The summed E-state index contributed by atoms with van der Waals surface area (Å²) in [5.74, 6) is 1.19. The van der Waals surface area contributed by atoms with E-state index < -0.39 is 0 Å². The first-order valence-corrected chi connectivity index (χ1v) is 13.5. The standard InChI is InChI=1S/C30H34N6O4/c1-6-40-27-14-21-9-11-35-24(22(21)15-26(27)39-5)16-28(32-29-19(3)12-18(2)13-20(29)4)36(30(35)38)10-7-8-25(37)23-17-31-34-33-23/h12-17H,6-11H2,1-5H3,(H,31,33,34). The fraction of sp³-hybridized carbons (Fsp3) is 0.367. The van der Waals surface area contributed by atoms with Crippen molar-refractivity contribution in [2.45, 2.75) is 60.0 Å². The lowest BCUT2D eigenvalue weighted by molar-refractivity contribution is 0.0973. The molecule has 10 heteroatoms. The number of hydrogen-bond donors (Lipinski definition) is 1. The lowest BCUT2D eigenvalue weighted by Crippen LogP contribution is -2.42. The molecule has 0 amide bonds. The van der Waals surface area contributed by atoms with Crippen molar-refractivity contribution < 1.29 is 14.3 Å². The Morgan fingerprint density at radius 1 is 1.10 bits per heavy atom. The summed E-state index contributed by atoms with van der Waals surface area (Å²) >= 11 is 0. The van der Waals surface area contributed by atoms with Crippen molar-refractivity contribution in [3.05, 3.63) is 80.4 Å². The number of aryl methyl sites for hydroxylation is 4. The number of ether oxygens (including phenoxy) is 2. The van der Waals surface area contributed by atoms with Crippen LogP contribution >= 0.6 is 0 Å². The highest BCUT2D eigenvalue weighted by Crippen LogP contribution is 2.37. The van der Waals surface area contributed by atoms with E-state index >= 15 is 0 Å². The van der Waals surface area contributed by atoms with Gasteiger partial charge in [-0.25, -0.2) is 9.79 Å². The van der Waals surface area contributed by atoms with Crippen molar-refractivity contribution in [1.29, 1.82) is 0 Å². The number of ketones is 1. The first-order valence-electron chi connectivity index (χ1n) is 13.5. The molecule has 208 valence electrons. The van der Waals surface area contributed by atoms with Crippen molar-refractivity contribution >= 4 is 11.5 Å². The molecule has 4 aromatic rings. The molecule has 1 N–H and O–H groups in total. The zero-order valence-corrected chi connectivity index (χ0v) is 23.6. The van der Waals surface area contributed by atoms with Crippen molar-refractivity contribution in [2.24, 2.45) is 4.99 Å². The van der Waals surface area contributed by atoms with E-state index in [1.165, 1.54) is 6.20 Å². The van der Waals surface area contributed by atoms with Gasteiger partial charge in [0.05, 0.1) is 31.3 Å². The number of hydrogen-bond acceptors (Lipinski definition) is 7. The zero-order chi connectivity index (χ0) is 28.4. The van der Waals surface area contributed by atoms with E-state index in [1.54, 1.807) is 16.2 Å². The summed E-state index contributed by atoms with van der Waals surface area (Å²) < 4.78 is 14.9. The summed E-state index contributed by atoms with van der Waals surface area (Å²) in [5, 5.41) is 10.1. The van der Waals surface area contributed by atoms with Crippen LogP contribution < -0.4 is 20.7 Å². The van der Waals surface area contributed by atoms with Gasteiger partial charge in [-0.1, -0.05) is 17.7 Å². The number of rotatable bonds is 9. The van der Waals surface area contributed by atoms with Gasteiger partial charge in [0.15, 0.2) is 17.3 Å². The number of methoxy groups -OCH3 is 1. The third-order valence-electron chi connectivity index (χ3n) is 7.21. The van der Waals surface area contributed by atoms with E-state index in [2.05, 4.69) is 34.5 Å². The van der Waals surface area contributed by atoms with Gasteiger partial charge in [0.25, 0.3) is 0 Å². The molecular weight excluding hydrogens is 508 g/mol. The second-order valence-corrected chi connectivity index (χ2v) is 10.1. The number of aromatic nitrogens is 5. The molecule has 0 spiro atoms. The molecular formula is C30H34N6O4. The van der Waals surface area contributed by atoms with Gasteiger partial charge < -0.3 is 9.47 Å². The number of benzene rings is 2. The smallest absolute Gasteiger partial charge is 0.330 e. The minimum Gasteiger partial charge on any atom is -0.493 e. The number of aromatic amines is 1. The Hall–Kier alpha value is -4.47. The first-order chi connectivity index (χ1) is 19.3. The average molecular weight is 543 g/mol. The molecule has 0 radical (unpaired) electrons. The highest BCUT2D eigenvalue weighted by atomic mass is 16.5. The first kappa shape index (κ1) is 27.1. The molecule has 0 saturated heterocycles. The Balaban J connectivity index is 1.64. The molecule has 0 atom stereocenters. The monoisotopic (exact) mass is 542 g/mol. The van der Waals surface area contributed by atoms with Crippen molar-refractivity contribution in [2.75, 3.05) is 13.7 Å². The Morgan fingerprint density at radius 3 is 2.55 bits per heavy atom. The molecule has 10 nitrogen and oxygen atoms in total. The van der Waals surface area contributed by atoms with E-state index in [4.69, 9.17) is 14.5 Å². The molecule has 5 rings (SSSR count). The summed E-state index contributed by atoms with van der Waals surface area (Å²) in [7, 11) is 1.61. The van der Waals surface area contributed by atoms with Crippen LogP contribution in [0.1, 0.15) is 52.5 Å². The van der Waals surface area contributed by atoms with E-state index in [9.17, 15) is 9.59 Å². The number of nitrogens with one attached hydrogen (secondary N) is 1. The summed E-state index contributed by atoms with van der Waals surface area (Å²) in [5.41, 5.74) is 7.53. The summed E-state index contributed by atoms with van der Waals surface area (Å²) in [4.78, 5) is 31.5. The van der Waals surface area contributed by atoms with E-state index in [0.29, 0.717) is 55.2 Å². The van der Waals surface area contributed by atoms with Crippen LogP contribution in [0.3, 0.4) is 0 Å². The maximum absolute atomic E-state index is 14.0. The van der Waals surface area contributed by atoms with Crippen LogP contribution in [-0.2, 0) is 19.5 Å². The van der Waals surface area contributed by atoms with E-state index in [-0.39, 0.29) is 17.9 Å². The van der Waals surface area contributed by atoms with Gasteiger partial charge in [0, 0.05) is 31.1 Å². The van der Waals surface area contributed by atoms with Gasteiger partial charge in [0.1, 0.15) is 11.2 Å². The number of carbonyl (C=O) groups is 1. The van der Waals surface area contributed by atoms with Gasteiger partial charge in [-0.3, -0.25) is 13.9 Å². The average Bonchev–Trinajstić information content (AvgIpc) is 3.47. The number of Topliss-reactive ketones (excluding diaryl/α,β-unsaturated/α-hetero) is 1. The lowest BCUT2D eigenvalue weighted by atomic mass is 9.97. The van der Waals surface area contributed by atoms with Gasteiger partial charge in [-0.15, -0.1) is 0 Å². The van der Waals surface area contributed by atoms with Gasteiger partial charge in [-0.2, -0.15) is 15.4 Å². The van der Waals surface area contributed by atoms with Gasteiger partial charge >= 0.3 is 5.69 Å². The van der Waals surface area contributed by atoms with Crippen LogP contribution in [0.4, 0.5) is 5.69 Å². The third kappa shape index (κ3) is 5.21. The topological polar surface area (TPSA) is 116 Å². The summed E-state index contributed by atoms with van der Waals surface area (Å²) in [6, 6.07) is 10.1. The van der Waals surface area contributed by atoms with Crippen LogP contribution in [0.15, 0.2) is 46.3 Å². The quantitative estimate of drug-likeness (QED) is 0.317. The minimum atomic E-state index is -0.161. The lowest BCUT2D eigenvalue weighted by Gasteiger charge is -2.25. The van der Waals surface area contributed by atoms with Gasteiger partial charge in [0.2, 0.25) is 0 Å². The Bertz CT molecular complexity index is 1680. The fourth-order valence-corrected chi connectivity index (χ4v) is 5.40. The Kier molecular flexibility index (Phi) is 7.68. The third-order valence-corrected chi connectivity index (χ3v) is 7.21. The van der Waals surface area contributed by atoms with Crippen LogP contribution in [0.5, 0.6) is 11.5 Å². The molecule has 40 heavy (non-hydrogen) atoms. The molecule has 2 aromatic carbocycles. The summed E-state index contributed by atoms with van der Waals surface area (Å²) in [6.45, 7) is 9.45. The second kappa shape index (κ2) is 11.3. The predicted molar refractivity (Wildman–Crippen MR) is 151 cm³/mol. The normalized spacial score (nSPS) is 12.7. The number of H-pyrrole nitrogens is 1. The van der Waals surface area contributed by atoms with Crippen LogP contribution in [-0.4, -0.2) is 44.0 Å². The fourth-order valence-electron chi connectivity index (χ4n) is 5.40. The molecule has 0 fully saturated rings. The molecule has 3 heterocycles. The molecule has 2 aromatic heterocycles. The van der Waals surface area contributed by atoms with Crippen LogP contribution in [0, 0.1) is 20.8 Å². The predicted octanol–water partition coefficient (Wildman–Crippen LogP) is 4.22. The maximum Gasteiger partial charge on any atom is 0.330 e. The zero-order valence-electron chi connectivity index (χ0n) is 23.6. The molecule has 0 unspecified atom stereocenters. The summed E-state index contributed by atoms with van der Waals surface area (Å²) in [6.07, 6.45) is 2.80. The second-order valence-electron chi connectivity index (χ2n) is 10.1. The maximum atomic E-state index is 14.0. The van der Waals surface area contributed by atoms with Crippen LogP contribution in [0.25, 0.3) is 11.3 Å². The highest BCUT2D eigenvalue weighted by Gasteiger charge is 2.23. The largest absolute Gasteiger partial charge is 0.493 e. The molecule has 1 aliphatic rings. The minimum absolute atomic E-state index is 0.123. The van der Waals surface area contributed by atoms with Crippen LogP contribution in [0.2, 0.25) is 0 Å². The number of nitrogens with zero attached hydrogens (tertiary/aromatic N) is 5. The molecule has 0 bridgehead atoms. The highest BCUT2D eigenvalue weighted by molar-refractivity contribution is 5.93.